The molecule has 0 rings (SSSR count). The Balaban J connectivity index is 4.86. The zero-order chi connectivity index (χ0) is 22.8. The number of amides is 3. The molecule has 0 spiro atoms. The second kappa shape index (κ2) is 12.5. The highest BCUT2D eigenvalue weighted by Gasteiger charge is 2.28. The molecule has 4 N–H and O–H groups in total. The summed E-state index contributed by atoms with van der Waals surface area (Å²) in [5.41, 5.74) is -0.658. The van der Waals surface area contributed by atoms with Crippen molar-refractivity contribution in [2.75, 3.05) is 13.7 Å². The Morgan fingerprint density at radius 2 is 1.66 bits per heavy atom. The summed E-state index contributed by atoms with van der Waals surface area (Å²) in [5.74, 6) is -0.438. The van der Waals surface area contributed by atoms with Crippen molar-refractivity contribution in [2.45, 2.75) is 85.1 Å². The average molecular weight is 418 g/mol. The Bertz CT molecular complexity index is 533. The van der Waals surface area contributed by atoms with Gasteiger partial charge in [-0.15, -0.1) is 0 Å². The number of hydrogen-bond acceptors (Lipinski definition) is 6. The van der Waals surface area contributed by atoms with Gasteiger partial charge in [0.1, 0.15) is 11.6 Å². The van der Waals surface area contributed by atoms with Crippen LogP contribution in [0.15, 0.2) is 0 Å². The number of carbonyl (C=O) groups excluding carboxylic acids is 3. The number of methoxy groups -OCH3 is 1. The third kappa shape index (κ3) is 11.5. The van der Waals surface area contributed by atoms with Gasteiger partial charge in [-0.2, -0.15) is 0 Å². The molecule has 3 amide bonds. The first-order valence-corrected chi connectivity index (χ1v) is 10.1. The van der Waals surface area contributed by atoms with Crippen molar-refractivity contribution in [3.63, 3.8) is 0 Å². The Morgan fingerprint density at radius 3 is 2.10 bits per heavy atom. The van der Waals surface area contributed by atoms with Gasteiger partial charge in [0.05, 0.1) is 19.3 Å². The van der Waals surface area contributed by atoms with Crippen LogP contribution in [0.1, 0.15) is 61.3 Å². The first-order chi connectivity index (χ1) is 13.3. The van der Waals surface area contributed by atoms with E-state index < -0.39 is 41.9 Å². The number of nitrogens with one attached hydrogen (secondary N) is 3. The van der Waals surface area contributed by atoms with Crippen molar-refractivity contribution in [3.05, 3.63) is 0 Å². The van der Waals surface area contributed by atoms with Gasteiger partial charge in [0.2, 0.25) is 0 Å². The van der Waals surface area contributed by atoms with Crippen molar-refractivity contribution >= 4 is 18.1 Å². The summed E-state index contributed by atoms with van der Waals surface area (Å²) >= 11 is 0. The smallest absolute Gasteiger partial charge is 0.407 e. The second-order valence-electron chi connectivity index (χ2n) is 8.69. The van der Waals surface area contributed by atoms with E-state index in [1.54, 1.807) is 20.8 Å². The van der Waals surface area contributed by atoms with E-state index >= 15 is 0 Å². The lowest BCUT2D eigenvalue weighted by molar-refractivity contribution is -0.144. The molecule has 0 fully saturated rings. The van der Waals surface area contributed by atoms with Crippen LogP contribution in [0.4, 0.5) is 9.59 Å². The summed E-state index contributed by atoms with van der Waals surface area (Å²) in [5, 5.41) is 18.3. The van der Waals surface area contributed by atoms with Gasteiger partial charge in [-0.25, -0.2) is 14.4 Å². The number of hydrogen-bond donors (Lipinski definition) is 4. The Morgan fingerprint density at radius 1 is 1.07 bits per heavy atom. The van der Waals surface area contributed by atoms with Gasteiger partial charge in [-0.3, -0.25) is 0 Å². The molecule has 4 atom stereocenters. The molecule has 0 aromatic carbocycles. The molecule has 0 aromatic rings. The summed E-state index contributed by atoms with van der Waals surface area (Å²) < 4.78 is 9.98. The van der Waals surface area contributed by atoms with Crippen molar-refractivity contribution in [1.82, 2.24) is 16.0 Å². The number of alkyl carbamates (subject to hydrolysis) is 1. The molecular weight excluding hydrogens is 378 g/mol. The first-order valence-electron chi connectivity index (χ1n) is 10.1. The second-order valence-corrected chi connectivity index (χ2v) is 8.69. The van der Waals surface area contributed by atoms with Crippen LogP contribution in [0.25, 0.3) is 0 Å². The zero-order valence-electron chi connectivity index (χ0n) is 19.0. The maximum atomic E-state index is 12.2. The van der Waals surface area contributed by atoms with E-state index in [1.165, 1.54) is 7.11 Å². The van der Waals surface area contributed by atoms with Gasteiger partial charge in [0.25, 0.3) is 0 Å². The third-order valence-electron chi connectivity index (χ3n) is 4.32. The van der Waals surface area contributed by atoms with Crippen LogP contribution in [-0.2, 0) is 14.3 Å². The Kier molecular flexibility index (Phi) is 11.6. The van der Waals surface area contributed by atoms with Crippen molar-refractivity contribution in [2.24, 2.45) is 11.8 Å². The van der Waals surface area contributed by atoms with Crippen LogP contribution >= 0.6 is 0 Å². The van der Waals surface area contributed by atoms with E-state index in [2.05, 4.69) is 16.0 Å². The Hall–Kier alpha value is -2.03. The molecule has 0 aliphatic rings. The molecular formula is C20H39N3O6. The normalized spacial score (nSPS) is 15.7. The first kappa shape index (κ1) is 27.0. The number of urea groups is 1. The van der Waals surface area contributed by atoms with Crippen LogP contribution in [0, 0.1) is 11.8 Å². The highest BCUT2D eigenvalue weighted by Crippen LogP contribution is 2.12. The minimum absolute atomic E-state index is 0.104. The minimum Gasteiger partial charge on any atom is -0.467 e. The summed E-state index contributed by atoms with van der Waals surface area (Å²) in [6.07, 6.45) is -0.481. The number of rotatable bonds is 10. The quantitative estimate of drug-likeness (QED) is 0.404. The lowest BCUT2D eigenvalue weighted by atomic mass is 9.99. The van der Waals surface area contributed by atoms with E-state index in [9.17, 15) is 19.5 Å². The van der Waals surface area contributed by atoms with Gasteiger partial charge < -0.3 is 30.5 Å². The minimum atomic E-state index is -1.03. The van der Waals surface area contributed by atoms with Crippen LogP contribution in [-0.4, -0.2) is 60.6 Å². The summed E-state index contributed by atoms with van der Waals surface area (Å²) in [6.45, 7) is 12.8. The topological polar surface area (TPSA) is 126 Å². The maximum Gasteiger partial charge on any atom is 0.407 e. The van der Waals surface area contributed by atoms with Crippen molar-refractivity contribution in [3.8, 4) is 0 Å². The van der Waals surface area contributed by atoms with E-state index in [-0.39, 0.29) is 18.4 Å². The summed E-state index contributed by atoms with van der Waals surface area (Å²) in [6, 6.07) is -1.98. The number of carbonyl (C=O) groups is 3. The van der Waals surface area contributed by atoms with E-state index in [4.69, 9.17) is 9.47 Å². The molecule has 9 nitrogen and oxygen atoms in total. The fraction of sp³-hybridized carbons (Fsp3) is 0.850. The maximum absolute atomic E-state index is 12.2. The fourth-order valence-corrected chi connectivity index (χ4v) is 2.61. The molecule has 0 saturated carbocycles. The van der Waals surface area contributed by atoms with E-state index in [1.807, 2.05) is 27.7 Å². The van der Waals surface area contributed by atoms with Crippen molar-refractivity contribution in [1.29, 1.82) is 0 Å². The largest absolute Gasteiger partial charge is 0.467 e. The third-order valence-corrected chi connectivity index (χ3v) is 4.32. The summed E-state index contributed by atoms with van der Waals surface area (Å²) in [7, 11) is 1.26. The molecule has 0 saturated heterocycles. The van der Waals surface area contributed by atoms with Crippen LogP contribution in [0.5, 0.6) is 0 Å². The number of ether oxygens (including phenoxy) is 2. The highest BCUT2D eigenvalue weighted by molar-refractivity contribution is 5.83. The molecule has 9 heteroatoms. The highest BCUT2D eigenvalue weighted by atomic mass is 16.6. The Labute approximate surface area is 174 Å². The van der Waals surface area contributed by atoms with Gasteiger partial charge in [0.15, 0.2) is 0 Å². The molecule has 0 aliphatic carbocycles. The molecule has 0 heterocycles. The molecule has 0 aliphatic heterocycles. The molecule has 0 radical (unpaired) electrons. The average Bonchev–Trinajstić information content (AvgIpc) is 2.60. The van der Waals surface area contributed by atoms with Gasteiger partial charge in [0, 0.05) is 6.54 Å². The van der Waals surface area contributed by atoms with E-state index in [0.717, 1.165) is 0 Å². The van der Waals surface area contributed by atoms with Crippen LogP contribution in [0.3, 0.4) is 0 Å². The van der Waals surface area contributed by atoms with Gasteiger partial charge in [-0.1, -0.05) is 34.1 Å². The lowest BCUT2D eigenvalue weighted by Crippen LogP contribution is -2.53. The van der Waals surface area contributed by atoms with Gasteiger partial charge in [-0.05, 0) is 39.0 Å². The zero-order valence-corrected chi connectivity index (χ0v) is 19.0. The van der Waals surface area contributed by atoms with Crippen LogP contribution < -0.4 is 16.0 Å². The van der Waals surface area contributed by atoms with Crippen molar-refractivity contribution < 1.29 is 29.0 Å². The van der Waals surface area contributed by atoms with Gasteiger partial charge >= 0.3 is 18.1 Å². The predicted octanol–water partition coefficient (Wildman–Crippen LogP) is 2.17. The predicted molar refractivity (Wildman–Crippen MR) is 110 cm³/mol. The molecule has 29 heavy (non-hydrogen) atoms. The molecule has 0 bridgehead atoms. The molecule has 1 unspecified atom stereocenters. The SMILES string of the molecule is CC[C@H](C)[C@H](NC(=O)NCC(O)[C@H](CC(C)C)NC(=O)OC(C)(C)C)C(=O)OC. The van der Waals surface area contributed by atoms with E-state index in [0.29, 0.717) is 12.8 Å². The number of aliphatic hydroxyl groups excluding tert-OH is 1. The summed E-state index contributed by atoms with van der Waals surface area (Å²) in [4.78, 5) is 36.1. The fourth-order valence-electron chi connectivity index (χ4n) is 2.61. The molecule has 170 valence electrons. The monoisotopic (exact) mass is 417 g/mol. The lowest BCUT2D eigenvalue weighted by Gasteiger charge is -2.28. The number of esters is 1. The van der Waals surface area contributed by atoms with Crippen LogP contribution in [0.2, 0.25) is 0 Å². The molecule has 0 aromatic heterocycles. The number of aliphatic hydroxyl groups is 1. The standard InChI is InChI=1S/C20H39N3O6/c1-9-13(4)16(17(25)28-8)23-18(26)21-11-15(24)14(10-12(2)3)22-19(27)29-20(5,6)7/h12-16,24H,9-11H2,1-8H3,(H,22,27)(H2,21,23,26)/t13-,14-,15?,16-/m0/s1.